The molecule has 0 spiro atoms. The van der Waals surface area contributed by atoms with Crippen molar-refractivity contribution in [3.63, 3.8) is 0 Å². The molecule has 0 bridgehead atoms. The Kier molecular flexibility index (Phi) is 6.88. The summed E-state index contributed by atoms with van der Waals surface area (Å²) in [5.74, 6) is -6.39. The first kappa shape index (κ1) is 20.1. The molecule has 0 radical (unpaired) electrons. The SMILES string of the molecule is CCCCOC(=O)C1CCN(C(=O)c2cc(F)c(F)c(OC)c2F)CC1. The van der Waals surface area contributed by atoms with Gasteiger partial charge in [0.15, 0.2) is 17.4 Å². The minimum absolute atomic E-state index is 0.202. The van der Waals surface area contributed by atoms with Crippen LogP contribution >= 0.6 is 0 Å². The number of amides is 1. The topological polar surface area (TPSA) is 55.8 Å². The molecule has 26 heavy (non-hydrogen) atoms. The van der Waals surface area contributed by atoms with Gasteiger partial charge in [0, 0.05) is 13.1 Å². The van der Waals surface area contributed by atoms with E-state index in [1.807, 2.05) is 6.92 Å². The molecule has 0 aromatic heterocycles. The average Bonchev–Trinajstić information content (AvgIpc) is 2.65. The van der Waals surface area contributed by atoms with Crippen LogP contribution < -0.4 is 4.74 Å². The van der Waals surface area contributed by atoms with Crippen molar-refractivity contribution in [2.24, 2.45) is 5.92 Å². The number of rotatable bonds is 6. The predicted molar refractivity (Wildman–Crippen MR) is 87.4 cm³/mol. The Balaban J connectivity index is 2.03. The van der Waals surface area contributed by atoms with Crippen molar-refractivity contribution in [2.75, 3.05) is 26.8 Å². The van der Waals surface area contributed by atoms with Gasteiger partial charge in [-0.3, -0.25) is 9.59 Å². The lowest BCUT2D eigenvalue weighted by atomic mass is 9.96. The molecule has 1 aliphatic heterocycles. The van der Waals surface area contributed by atoms with Crippen LogP contribution in [-0.2, 0) is 9.53 Å². The van der Waals surface area contributed by atoms with E-state index in [1.54, 1.807) is 0 Å². The van der Waals surface area contributed by atoms with Crippen LogP contribution in [0, 0.1) is 23.4 Å². The van der Waals surface area contributed by atoms with E-state index in [4.69, 9.17) is 4.74 Å². The number of likely N-dealkylation sites (tertiary alicyclic amines) is 1. The van der Waals surface area contributed by atoms with Gasteiger partial charge in [0.05, 0.1) is 25.2 Å². The fourth-order valence-electron chi connectivity index (χ4n) is 2.84. The van der Waals surface area contributed by atoms with Gasteiger partial charge in [0.25, 0.3) is 5.91 Å². The normalized spacial score (nSPS) is 15.0. The summed E-state index contributed by atoms with van der Waals surface area (Å²) >= 11 is 0. The van der Waals surface area contributed by atoms with Gasteiger partial charge in [-0.05, 0) is 25.3 Å². The number of hydrogen-bond acceptors (Lipinski definition) is 4. The first-order chi connectivity index (χ1) is 12.4. The standard InChI is InChI=1S/C18H22F3NO4/c1-3-4-9-26-18(24)11-5-7-22(8-6-11)17(23)12-10-13(19)15(21)16(25-2)14(12)20/h10-11H,3-9H2,1-2H3. The first-order valence-electron chi connectivity index (χ1n) is 8.58. The van der Waals surface area contributed by atoms with Gasteiger partial charge in [-0.15, -0.1) is 0 Å². The van der Waals surface area contributed by atoms with E-state index >= 15 is 0 Å². The van der Waals surface area contributed by atoms with Crippen LogP contribution in [0.5, 0.6) is 5.75 Å². The summed E-state index contributed by atoms with van der Waals surface area (Å²) < 4.78 is 51.0. The Morgan fingerprint density at radius 2 is 1.85 bits per heavy atom. The average molecular weight is 373 g/mol. The highest BCUT2D eigenvalue weighted by molar-refractivity contribution is 5.95. The number of carbonyl (C=O) groups excluding carboxylic acids is 2. The van der Waals surface area contributed by atoms with Crippen LogP contribution in [0.1, 0.15) is 43.0 Å². The predicted octanol–water partition coefficient (Wildman–Crippen LogP) is 3.31. The monoisotopic (exact) mass is 373 g/mol. The van der Waals surface area contributed by atoms with E-state index in [-0.39, 0.29) is 25.0 Å². The number of nitrogens with zero attached hydrogens (tertiary/aromatic N) is 1. The molecule has 144 valence electrons. The van der Waals surface area contributed by atoms with Crippen LogP contribution in [0.25, 0.3) is 0 Å². The Morgan fingerprint density at radius 1 is 1.19 bits per heavy atom. The van der Waals surface area contributed by atoms with Crippen molar-refractivity contribution >= 4 is 11.9 Å². The second-order valence-corrected chi connectivity index (χ2v) is 6.15. The van der Waals surface area contributed by atoms with Crippen LogP contribution in [0.3, 0.4) is 0 Å². The maximum absolute atomic E-state index is 14.2. The molecular weight excluding hydrogens is 351 g/mol. The molecule has 0 unspecified atom stereocenters. The molecule has 0 aliphatic carbocycles. The van der Waals surface area contributed by atoms with E-state index in [0.29, 0.717) is 25.5 Å². The molecular formula is C18H22F3NO4. The summed E-state index contributed by atoms with van der Waals surface area (Å²) in [5, 5.41) is 0. The van der Waals surface area contributed by atoms with E-state index in [0.717, 1.165) is 20.0 Å². The maximum Gasteiger partial charge on any atom is 0.309 e. The zero-order valence-electron chi connectivity index (χ0n) is 14.8. The summed E-state index contributed by atoms with van der Waals surface area (Å²) in [5.41, 5.74) is -0.593. The first-order valence-corrected chi connectivity index (χ1v) is 8.58. The van der Waals surface area contributed by atoms with Crippen molar-refractivity contribution in [3.05, 3.63) is 29.1 Å². The van der Waals surface area contributed by atoms with E-state index < -0.39 is 34.7 Å². The van der Waals surface area contributed by atoms with Crippen molar-refractivity contribution in [3.8, 4) is 5.75 Å². The molecule has 0 saturated carbocycles. The number of methoxy groups -OCH3 is 1. The van der Waals surface area contributed by atoms with Crippen molar-refractivity contribution < 1.29 is 32.2 Å². The molecule has 1 aliphatic rings. The molecule has 0 N–H and O–H groups in total. The Bertz CT molecular complexity index is 673. The highest BCUT2D eigenvalue weighted by Gasteiger charge is 2.31. The highest BCUT2D eigenvalue weighted by atomic mass is 19.2. The van der Waals surface area contributed by atoms with Crippen LogP contribution in [0.2, 0.25) is 0 Å². The lowest BCUT2D eigenvalue weighted by molar-refractivity contribution is -0.150. The minimum atomic E-state index is -1.48. The van der Waals surface area contributed by atoms with E-state index in [9.17, 15) is 22.8 Å². The number of halogens is 3. The third-order valence-corrected chi connectivity index (χ3v) is 4.41. The minimum Gasteiger partial charge on any atom is -0.491 e. The fourth-order valence-corrected chi connectivity index (χ4v) is 2.84. The maximum atomic E-state index is 14.2. The number of piperidine rings is 1. The van der Waals surface area contributed by atoms with E-state index in [1.165, 1.54) is 4.90 Å². The lowest BCUT2D eigenvalue weighted by Crippen LogP contribution is -2.41. The third kappa shape index (κ3) is 4.28. The van der Waals surface area contributed by atoms with Gasteiger partial charge >= 0.3 is 5.97 Å². The van der Waals surface area contributed by atoms with Gasteiger partial charge in [0.1, 0.15) is 0 Å². The largest absolute Gasteiger partial charge is 0.491 e. The molecule has 1 fully saturated rings. The Morgan fingerprint density at radius 3 is 2.42 bits per heavy atom. The number of carbonyl (C=O) groups is 2. The number of esters is 1. The quantitative estimate of drug-likeness (QED) is 0.436. The third-order valence-electron chi connectivity index (χ3n) is 4.41. The number of hydrogen-bond donors (Lipinski definition) is 0. The molecule has 1 amide bonds. The molecule has 1 saturated heterocycles. The zero-order chi connectivity index (χ0) is 19.3. The summed E-state index contributed by atoms with van der Waals surface area (Å²) in [4.78, 5) is 25.7. The Labute approximate surface area is 150 Å². The summed E-state index contributed by atoms with van der Waals surface area (Å²) in [6, 6.07) is 0.528. The van der Waals surface area contributed by atoms with Gasteiger partial charge in [-0.2, -0.15) is 4.39 Å². The van der Waals surface area contributed by atoms with Crippen molar-refractivity contribution in [1.29, 1.82) is 0 Å². The summed E-state index contributed by atoms with van der Waals surface area (Å²) in [6.07, 6.45) is 2.46. The second-order valence-electron chi connectivity index (χ2n) is 6.15. The zero-order valence-corrected chi connectivity index (χ0v) is 14.8. The number of unbranched alkanes of at least 4 members (excludes halogenated alkanes) is 1. The summed E-state index contributed by atoms with van der Waals surface area (Å²) in [7, 11) is 0.991. The van der Waals surface area contributed by atoms with Gasteiger partial charge in [0.2, 0.25) is 5.82 Å². The van der Waals surface area contributed by atoms with Gasteiger partial charge < -0.3 is 14.4 Å². The molecule has 1 aromatic carbocycles. The van der Waals surface area contributed by atoms with Gasteiger partial charge in [-0.25, -0.2) is 8.78 Å². The van der Waals surface area contributed by atoms with Crippen molar-refractivity contribution in [2.45, 2.75) is 32.6 Å². The van der Waals surface area contributed by atoms with Crippen LogP contribution in [0.4, 0.5) is 13.2 Å². The molecule has 8 heteroatoms. The van der Waals surface area contributed by atoms with Gasteiger partial charge in [-0.1, -0.05) is 13.3 Å². The molecule has 0 atom stereocenters. The van der Waals surface area contributed by atoms with Crippen LogP contribution in [-0.4, -0.2) is 43.6 Å². The smallest absolute Gasteiger partial charge is 0.309 e. The lowest BCUT2D eigenvalue weighted by Gasteiger charge is -2.31. The summed E-state index contributed by atoms with van der Waals surface area (Å²) in [6.45, 7) is 2.76. The Hall–Kier alpha value is -2.25. The molecule has 1 heterocycles. The van der Waals surface area contributed by atoms with Crippen LogP contribution in [0.15, 0.2) is 6.07 Å². The second kappa shape index (κ2) is 8.91. The van der Waals surface area contributed by atoms with E-state index in [2.05, 4.69) is 4.74 Å². The molecule has 1 aromatic rings. The fraction of sp³-hybridized carbons (Fsp3) is 0.556. The number of benzene rings is 1. The molecule has 2 rings (SSSR count). The molecule has 5 nitrogen and oxygen atoms in total. The number of ether oxygens (including phenoxy) is 2. The highest BCUT2D eigenvalue weighted by Crippen LogP contribution is 2.29. The van der Waals surface area contributed by atoms with Crippen molar-refractivity contribution in [1.82, 2.24) is 4.90 Å².